The van der Waals surface area contributed by atoms with Gasteiger partial charge in [-0.1, -0.05) is 5.21 Å². The van der Waals surface area contributed by atoms with Gasteiger partial charge in [0.05, 0.1) is 18.2 Å². The van der Waals surface area contributed by atoms with Gasteiger partial charge in [-0.2, -0.15) is 0 Å². The summed E-state index contributed by atoms with van der Waals surface area (Å²) < 4.78 is 1.54. The monoisotopic (exact) mass is 169 g/mol. The van der Waals surface area contributed by atoms with Gasteiger partial charge in [0.15, 0.2) is 0 Å². The van der Waals surface area contributed by atoms with Gasteiger partial charge >= 0.3 is 5.97 Å². The molecule has 0 aliphatic rings. The van der Waals surface area contributed by atoms with Gasteiger partial charge in [-0.05, 0) is 13.8 Å². The fraction of sp³-hybridized carbons (Fsp3) is 0.571. The second-order valence-electron chi connectivity index (χ2n) is 3.23. The van der Waals surface area contributed by atoms with Crippen LogP contribution in [-0.4, -0.2) is 26.1 Å². The molecule has 1 rings (SSSR count). The zero-order valence-electron chi connectivity index (χ0n) is 7.06. The molecule has 0 bridgehead atoms. The molecule has 0 amide bonds. The van der Waals surface area contributed by atoms with Gasteiger partial charge in [-0.3, -0.25) is 4.79 Å². The average Bonchev–Trinajstić information content (AvgIpc) is 2.32. The highest BCUT2D eigenvalue weighted by molar-refractivity contribution is 5.67. The van der Waals surface area contributed by atoms with Gasteiger partial charge in [-0.25, -0.2) is 4.68 Å². The molecule has 0 atom stereocenters. The van der Waals surface area contributed by atoms with E-state index in [1.165, 1.54) is 6.20 Å². The lowest BCUT2D eigenvalue weighted by Crippen LogP contribution is -2.29. The van der Waals surface area contributed by atoms with Crippen molar-refractivity contribution in [3.05, 3.63) is 12.4 Å². The largest absolute Gasteiger partial charge is 0.481 e. The summed E-state index contributed by atoms with van der Waals surface area (Å²) in [6.45, 7) is 3.60. The zero-order chi connectivity index (χ0) is 9.19. The smallest absolute Gasteiger partial charge is 0.305 e. The van der Waals surface area contributed by atoms with Crippen LogP contribution in [0.3, 0.4) is 0 Å². The minimum Gasteiger partial charge on any atom is -0.481 e. The van der Waals surface area contributed by atoms with Crippen molar-refractivity contribution < 1.29 is 9.90 Å². The molecule has 1 N–H and O–H groups in total. The Hall–Kier alpha value is -1.39. The molecule has 0 aliphatic heterocycles. The summed E-state index contributed by atoms with van der Waals surface area (Å²) in [5.41, 5.74) is -0.512. The molecule has 0 aromatic carbocycles. The van der Waals surface area contributed by atoms with Crippen LogP contribution in [0.2, 0.25) is 0 Å². The van der Waals surface area contributed by atoms with Crippen molar-refractivity contribution in [1.82, 2.24) is 15.0 Å². The quantitative estimate of drug-likeness (QED) is 0.714. The number of rotatable bonds is 3. The van der Waals surface area contributed by atoms with Gasteiger partial charge in [0.25, 0.3) is 0 Å². The Balaban J connectivity index is 2.79. The number of nitrogens with zero attached hydrogens (tertiary/aromatic N) is 3. The molecule has 66 valence electrons. The topological polar surface area (TPSA) is 68.0 Å². The van der Waals surface area contributed by atoms with Crippen molar-refractivity contribution in [2.45, 2.75) is 25.8 Å². The standard InChI is InChI=1S/C7H11N3O2/c1-7(2,5-6(11)12)10-4-3-8-9-10/h3-4H,5H2,1-2H3,(H,11,12). The Morgan fingerprint density at radius 2 is 2.33 bits per heavy atom. The second-order valence-corrected chi connectivity index (χ2v) is 3.23. The van der Waals surface area contributed by atoms with E-state index in [0.717, 1.165) is 0 Å². The fourth-order valence-electron chi connectivity index (χ4n) is 0.982. The summed E-state index contributed by atoms with van der Waals surface area (Å²) in [6.07, 6.45) is 3.23. The van der Waals surface area contributed by atoms with E-state index in [1.807, 2.05) is 0 Å². The van der Waals surface area contributed by atoms with Crippen molar-refractivity contribution in [3.8, 4) is 0 Å². The Labute approximate surface area is 70.0 Å². The fourth-order valence-corrected chi connectivity index (χ4v) is 0.982. The summed E-state index contributed by atoms with van der Waals surface area (Å²) >= 11 is 0. The van der Waals surface area contributed by atoms with Crippen LogP contribution in [0.5, 0.6) is 0 Å². The first-order valence-electron chi connectivity index (χ1n) is 3.61. The number of aromatic nitrogens is 3. The number of aliphatic carboxylic acids is 1. The molecule has 0 unspecified atom stereocenters. The highest BCUT2D eigenvalue weighted by Gasteiger charge is 2.24. The van der Waals surface area contributed by atoms with Crippen LogP contribution in [0.15, 0.2) is 12.4 Å². The summed E-state index contributed by atoms with van der Waals surface area (Å²) in [6, 6.07) is 0. The number of carboxylic acid groups (broad SMARTS) is 1. The maximum absolute atomic E-state index is 10.4. The normalized spacial score (nSPS) is 11.5. The Bertz CT molecular complexity index is 266. The molecule has 12 heavy (non-hydrogen) atoms. The van der Waals surface area contributed by atoms with Crippen LogP contribution >= 0.6 is 0 Å². The van der Waals surface area contributed by atoms with Crippen LogP contribution in [-0.2, 0) is 10.3 Å². The summed E-state index contributed by atoms with van der Waals surface area (Å²) in [7, 11) is 0. The van der Waals surface area contributed by atoms with Gasteiger partial charge in [-0.15, -0.1) is 5.10 Å². The lowest BCUT2D eigenvalue weighted by atomic mass is 10.0. The third-order valence-corrected chi connectivity index (χ3v) is 1.63. The summed E-state index contributed by atoms with van der Waals surface area (Å²) in [5.74, 6) is -0.837. The molecule has 5 heteroatoms. The van der Waals surface area contributed by atoms with Crippen LogP contribution in [0.25, 0.3) is 0 Å². The first-order valence-corrected chi connectivity index (χ1v) is 3.61. The van der Waals surface area contributed by atoms with Crippen LogP contribution in [0.1, 0.15) is 20.3 Å². The summed E-state index contributed by atoms with van der Waals surface area (Å²) in [4.78, 5) is 10.4. The molecule has 0 fully saturated rings. The van der Waals surface area contributed by atoms with Crippen molar-refractivity contribution >= 4 is 5.97 Å². The van der Waals surface area contributed by atoms with Gasteiger partial charge < -0.3 is 5.11 Å². The van der Waals surface area contributed by atoms with Crippen molar-refractivity contribution in [3.63, 3.8) is 0 Å². The van der Waals surface area contributed by atoms with E-state index in [9.17, 15) is 4.79 Å². The first-order chi connectivity index (χ1) is 5.52. The molecular formula is C7H11N3O2. The predicted molar refractivity (Wildman–Crippen MR) is 41.6 cm³/mol. The average molecular weight is 169 g/mol. The van der Waals surface area contributed by atoms with E-state index in [1.54, 1.807) is 24.7 Å². The Morgan fingerprint density at radius 3 is 2.75 bits per heavy atom. The molecule has 0 saturated carbocycles. The van der Waals surface area contributed by atoms with E-state index >= 15 is 0 Å². The van der Waals surface area contributed by atoms with Gasteiger partial charge in [0, 0.05) is 6.20 Å². The van der Waals surface area contributed by atoms with Crippen molar-refractivity contribution in [2.24, 2.45) is 0 Å². The highest BCUT2D eigenvalue weighted by atomic mass is 16.4. The predicted octanol–water partition coefficient (Wildman–Crippen LogP) is 0.488. The van der Waals surface area contributed by atoms with Crippen molar-refractivity contribution in [1.29, 1.82) is 0 Å². The maximum Gasteiger partial charge on any atom is 0.305 e. The van der Waals surface area contributed by atoms with E-state index in [-0.39, 0.29) is 6.42 Å². The molecule has 0 radical (unpaired) electrons. The number of carbonyl (C=O) groups is 1. The molecule has 0 saturated heterocycles. The van der Waals surface area contributed by atoms with E-state index in [0.29, 0.717) is 0 Å². The molecular weight excluding hydrogens is 158 g/mol. The minimum atomic E-state index is -0.837. The first kappa shape index (κ1) is 8.70. The molecule has 1 aromatic heterocycles. The van der Waals surface area contributed by atoms with Gasteiger partial charge in [0.2, 0.25) is 0 Å². The number of hydrogen-bond acceptors (Lipinski definition) is 3. The zero-order valence-corrected chi connectivity index (χ0v) is 7.06. The molecule has 1 heterocycles. The SMILES string of the molecule is CC(C)(CC(=O)O)n1ccnn1. The third-order valence-electron chi connectivity index (χ3n) is 1.63. The maximum atomic E-state index is 10.4. The van der Waals surface area contributed by atoms with E-state index < -0.39 is 11.5 Å². The lowest BCUT2D eigenvalue weighted by Gasteiger charge is -2.21. The highest BCUT2D eigenvalue weighted by Crippen LogP contribution is 2.17. The third kappa shape index (κ3) is 1.81. The van der Waals surface area contributed by atoms with Gasteiger partial charge in [0.1, 0.15) is 0 Å². The summed E-state index contributed by atoms with van der Waals surface area (Å²) in [5, 5.41) is 15.9. The molecule has 0 spiro atoms. The number of hydrogen-bond donors (Lipinski definition) is 1. The Morgan fingerprint density at radius 1 is 1.67 bits per heavy atom. The molecule has 5 nitrogen and oxygen atoms in total. The van der Waals surface area contributed by atoms with E-state index in [4.69, 9.17) is 5.11 Å². The minimum absolute atomic E-state index is 0.0381. The molecule has 1 aromatic rings. The van der Waals surface area contributed by atoms with Crippen molar-refractivity contribution in [2.75, 3.05) is 0 Å². The van der Waals surface area contributed by atoms with Crippen LogP contribution in [0, 0.1) is 0 Å². The number of carboxylic acids is 1. The lowest BCUT2D eigenvalue weighted by molar-refractivity contribution is -0.139. The molecule has 0 aliphatic carbocycles. The van der Waals surface area contributed by atoms with E-state index in [2.05, 4.69) is 10.3 Å². The van der Waals surface area contributed by atoms with Crippen LogP contribution < -0.4 is 0 Å². The van der Waals surface area contributed by atoms with Crippen LogP contribution in [0.4, 0.5) is 0 Å². The Kier molecular flexibility index (Phi) is 2.12. The second kappa shape index (κ2) is 2.92.